The Kier molecular flexibility index (Phi) is 8.84. The van der Waals surface area contributed by atoms with Gasteiger partial charge in [0.25, 0.3) is 10.0 Å². The van der Waals surface area contributed by atoms with E-state index in [4.69, 9.17) is 10.1 Å². The van der Waals surface area contributed by atoms with Crippen LogP contribution in [0.5, 0.6) is 0 Å². The average Bonchev–Trinajstić information content (AvgIpc) is 3.41. The van der Waals surface area contributed by atoms with Gasteiger partial charge in [-0.1, -0.05) is 67.6 Å². The van der Waals surface area contributed by atoms with Crippen molar-refractivity contribution in [1.29, 1.82) is 5.41 Å². The summed E-state index contributed by atoms with van der Waals surface area (Å²) in [5, 5.41) is 12.9. The molecule has 39 heavy (non-hydrogen) atoms. The lowest BCUT2D eigenvalue weighted by Gasteiger charge is -2.14. The summed E-state index contributed by atoms with van der Waals surface area (Å²) < 4.78 is 32.8. The number of aromatic nitrogens is 1. The summed E-state index contributed by atoms with van der Waals surface area (Å²) in [6.07, 6.45) is 0.240. The minimum Gasteiger partial charge on any atom is -0.456 e. The predicted octanol–water partition coefficient (Wildman–Crippen LogP) is 5.34. The van der Waals surface area contributed by atoms with Gasteiger partial charge in [0.05, 0.1) is 16.5 Å². The maximum atomic E-state index is 12.8. The maximum Gasteiger partial charge on any atom is 0.353 e. The Morgan fingerprint density at radius 3 is 2.26 bits per heavy atom. The fourth-order valence-corrected chi connectivity index (χ4v) is 5.45. The first-order valence-electron chi connectivity index (χ1n) is 12.0. The van der Waals surface area contributed by atoms with E-state index in [0.29, 0.717) is 16.5 Å². The Hall–Kier alpha value is -4.35. The van der Waals surface area contributed by atoms with Crippen molar-refractivity contribution < 1.29 is 22.7 Å². The second-order valence-corrected chi connectivity index (χ2v) is 11.0. The van der Waals surface area contributed by atoms with Crippen LogP contribution in [-0.2, 0) is 31.0 Å². The number of nitrogens with zero attached hydrogens (tertiary/aromatic N) is 1. The number of esters is 1. The van der Waals surface area contributed by atoms with Crippen molar-refractivity contribution in [2.75, 3.05) is 10.0 Å². The van der Waals surface area contributed by atoms with Crippen molar-refractivity contribution in [1.82, 2.24) is 4.98 Å². The number of sulfonamides is 1. The first-order valence-corrected chi connectivity index (χ1v) is 14.4. The van der Waals surface area contributed by atoms with Crippen LogP contribution in [0.4, 0.5) is 10.8 Å². The van der Waals surface area contributed by atoms with E-state index in [-0.39, 0.29) is 17.9 Å². The third-order valence-electron chi connectivity index (χ3n) is 5.73. The average molecular weight is 563 g/mol. The van der Waals surface area contributed by atoms with E-state index in [2.05, 4.69) is 15.0 Å². The molecule has 0 fully saturated rings. The van der Waals surface area contributed by atoms with Crippen molar-refractivity contribution in [2.45, 2.75) is 24.8 Å². The number of nitrogens with one attached hydrogen (secondary N) is 3. The van der Waals surface area contributed by atoms with Crippen molar-refractivity contribution in [3.05, 3.63) is 95.9 Å². The van der Waals surface area contributed by atoms with Gasteiger partial charge in [-0.2, -0.15) is 0 Å². The summed E-state index contributed by atoms with van der Waals surface area (Å²) >= 11 is 1.20. The highest BCUT2D eigenvalue weighted by atomic mass is 32.2. The van der Waals surface area contributed by atoms with E-state index in [0.717, 1.165) is 11.1 Å². The predicted molar refractivity (Wildman–Crippen MR) is 151 cm³/mol. The third-order valence-corrected chi connectivity index (χ3v) is 7.88. The Bertz CT molecular complexity index is 1550. The number of rotatable bonds is 11. The number of ether oxygens (including phenoxy) is 1. The highest BCUT2D eigenvalue weighted by Gasteiger charge is 2.28. The number of hydrogen-bond acceptors (Lipinski definition) is 8. The second kappa shape index (κ2) is 12.5. The fraction of sp³-hybridized carbons (Fsp3) is 0.143. The highest BCUT2D eigenvalue weighted by molar-refractivity contribution is 7.92. The Morgan fingerprint density at radius 2 is 1.62 bits per heavy atom. The van der Waals surface area contributed by atoms with E-state index in [1.54, 1.807) is 66.9 Å². The van der Waals surface area contributed by atoms with Crippen LogP contribution in [0.15, 0.2) is 95.2 Å². The molecule has 3 aromatic carbocycles. The smallest absolute Gasteiger partial charge is 0.353 e. The van der Waals surface area contributed by atoms with Crippen molar-refractivity contribution in [3.63, 3.8) is 0 Å². The Morgan fingerprint density at radius 1 is 0.974 bits per heavy atom. The molecular weight excluding hydrogens is 536 g/mol. The molecule has 0 saturated carbocycles. The molecule has 1 unspecified atom stereocenters. The van der Waals surface area contributed by atoms with Crippen LogP contribution in [0.1, 0.15) is 18.9 Å². The van der Waals surface area contributed by atoms with E-state index in [1.165, 1.54) is 23.5 Å². The Balaban J connectivity index is 1.36. The molecule has 9 nitrogen and oxygen atoms in total. The van der Waals surface area contributed by atoms with E-state index in [1.807, 2.05) is 18.2 Å². The molecule has 0 saturated heterocycles. The van der Waals surface area contributed by atoms with Gasteiger partial charge in [-0.3, -0.25) is 14.9 Å². The van der Waals surface area contributed by atoms with Gasteiger partial charge in [0.15, 0.2) is 5.13 Å². The van der Waals surface area contributed by atoms with Gasteiger partial charge >= 0.3 is 5.97 Å². The molecule has 0 aliphatic carbocycles. The van der Waals surface area contributed by atoms with Crippen molar-refractivity contribution >= 4 is 49.8 Å². The standard InChI is InChI=1S/C28H26N4O5S2/c1-2-23(25(29)27(34)37-17-19-9-5-3-6-10-19)26(33)31-28-30-24(18-38-28)20-13-15-21(16-14-20)32-39(35,36)22-11-7-4-8-12-22/h3-16,18,23,29,32H,2,17H2,1H3,(H,30,31,33). The lowest BCUT2D eigenvalue weighted by atomic mass is 9.99. The van der Waals surface area contributed by atoms with Crippen molar-refractivity contribution in [2.24, 2.45) is 5.92 Å². The summed E-state index contributed by atoms with van der Waals surface area (Å²) in [5.74, 6) is -2.35. The largest absolute Gasteiger partial charge is 0.456 e. The number of anilines is 2. The van der Waals surface area contributed by atoms with Gasteiger partial charge in [0.1, 0.15) is 12.3 Å². The molecule has 1 amide bonds. The van der Waals surface area contributed by atoms with Gasteiger partial charge in [-0.05, 0) is 36.2 Å². The van der Waals surface area contributed by atoms with Crippen molar-refractivity contribution in [3.8, 4) is 11.3 Å². The number of benzene rings is 3. The summed E-state index contributed by atoms with van der Waals surface area (Å²) in [6.45, 7) is 1.73. The molecule has 4 rings (SSSR count). The number of thiazole rings is 1. The summed E-state index contributed by atoms with van der Waals surface area (Å²) in [7, 11) is -3.70. The van der Waals surface area contributed by atoms with Gasteiger partial charge in [0, 0.05) is 16.6 Å². The maximum absolute atomic E-state index is 12.8. The van der Waals surface area contributed by atoms with Crippen LogP contribution >= 0.6 is 11.3 Å². The van der Waals surface area contributed by atoms with Crippen LogP contribution in [0.3, 0.4) is 0 Å². The SMILES string of the molecule is CCC(C(=N)C(=O)OCc1ccccc1)C(=O)Nc1nc(-c2ccc(NS(=O)(=O)c3ccccc3)cc2)cs1. The number of carbonyl (C=O) groups excluding carboxylic acids is 2. The first-order chi connectivity index (χ1) is 18.8. The molecule has 0 aliphatic heterocycles. The molecule has 11 heteroatoms. The lowest BCUT2D eigenvalue weighted by Crippen LogP contribution is -2.34. The van der Waals surface area contributed by atoms with Gasteiger partial charge in [-0.25, -0.2) is 18.2 Å². The van der Waals surface area contributed by atoms with E-state index >= 15 is 0 Å². The molecule has 1 aromatic heterocycles. The normalized spacial score (nSPS) is 11.8. The van der Waals surface area contributed by atoms with Crippen LogP contribution < -0.4 is 10.0 Å². The summed E-state index contributed by atoms with van der Waals surface area (Å²) in [5.41, 5.74) is 2.07. The summed E-state index contributed by atoms with van der Waals surface area (Å²) in [6, 6.07) is 23.9. The molecule has 4 aromatic rings. The minimum absolute atomic E-state index is 0.0163. The minimum atomic E-state index is -3.70. The molecule has 0 bridgehead atoms. The van der Waals surface area contributed by atoms with Crippen LogP contribution in [0, 0.1) is 11.3 Å². The van der Waals surface area contributed by atoms with Gasteiger partial charge < -0.3 is 10.1 Å². The molecule has 1 heterocycles. The number of hydrogen-bond donors (Lipinski definition) is 3. The molecule has 1 atom stereocenters. The van der Waals surface area contributed by atoms with E-state index < -0.39 is 33.5 Å². The first kappa shape index (κ1) is 27.7. The van der Waals surface area contributed by atoms with Gasteiger partial charge in [0.2, 0.25) is 5.91 Å². The zero-order valence-electron chi connectivity index (χ0n) is 21.0. The van der Waals surface area contributed by atoms with Crippen LogP contribution in [0.2, 0.25) is 0 Å². The van der Waals surface area contributed by atoms with Gasteiger partial charge in [-0.15, -0.1) is 11.3 Å². The topological polar surface area (TPSA) is 138 Å². The molecule has 0 aliphatic rings. The monoisotopic (exact) mass is 562 g/mol. The Labute approximate surface area is 230 Å². The van der Waals surface area contributed by atoms with Crippen LogP contribution in [0.25, 0.3) is 11.3 Å². The zero-order valence-corrected chi connectivity index (χ0v) is 22.6. The number of carbonyl (C=O) groups is 2. The summed E-state index contributed by atoms with van der Waals surface area (Å²) in [4.78, 5) is 29.8. The zero-order chi connectivity index (χ0) is 27.8. The molecule has 0 spiro atoms. The third kappa shape index (κ3) is 7.15. The van der Waals surface area contributed by atoms with E-state index in [9.17, 15) is 18.0 Å². The quantitative estimate of drug-likeness (QED) is 0.167. The highest BCUT2D eigenvalue weighted by Crippen LogP contribution is 2.27. The number of amides is 1. The van der Waals surface area contributed by atoms with Crippen LogP contribution in [-0.4, -0.2) is 31.0 Å². The second-order valence-electron chi connectivity index (χ2n) is 8.46. The molecule has 3 N–H and O–H groups in total. The fourth-order valence-electron chi connectivity index (χ4n) is 3.64. The lowest BCUT2D eigenvalue weighted by molar-refractivity contribution is -0.137. The molecule has 0 radical (unpaired) electrons. The molecule has 200 valence electrons. The molecular formula is C28H26N4O5S2.